The van der Waals surface area contributed by atoms with Gasteiger partial charge in [0.15, 0.2) is 0 Å². The van der Waals surface area contributed by atoms with Crippen LogP contribution in [0.15, 0.2) is 43.0 Å². The topological polar surface area (TPSA) is 115 Å². The van der Waals surface area contributed by atoms with Crippen molar-refractivity contribution in [2.75, 3.05) is 5.32 Å². The maximum Gasteiger partial charge on any atom is 0.268 e. The predicted molar refractivity (Wildman–Crippen MR) is 97.5 cm³/mol. The molecule has 0 saturated carbocycles. The summed E-state index contributed by atoms with van der Waals surface area (Å²) in [6.07, 6.45) is 5.27. The standard InChI is InChI=1S/C18H21N5O3/c1-12(24)21-14-5-4-13-6-8-22(16(13)9-14)7-2-3-17(25)23-10-15(18(19)26)20-11-23/h4-6,8-11,17,25H,2-3,7H2,1H3,(H2,19,26)(H,21,24). The molecule has 8 nitrogen and oxygen atoms in total. The first-order valence-corrected chi connectivity index (χ1v) is 8.32. The van der Waals surface area contributed by atoms with Crippen molar-refractivity contribution in [3.63, 3.8) is 0 Å². The van der Waals surface area contributed by atoms with E-state index in [1.54, 1.807) is 0 Å². The van der Waals surface area contributed by atoms with Gasteiger partial charge in [-0.15, -0.1) is 0 Å². The highest BCUT2D eigenvalue weighted by Gasteiger charge is 2.11. The summed E-state index contributed by atoms with van der Waals surface area (Å²) >= 11 is 0. The molecule has 0 aliphatic rings. The number of aryl methyl sites for hydroxylation is 1. The molecule has 1 unspecified atom stereocenters. The minimum absolute atomic E-state index is 0.110. The number of primary amides is 1. The van der Waals surface area contributed by atoms with Crippen LogP contribution in [0.2, 0.25) is 0 Å². The van der Waals surface area contributed by atoms with Gasteiger partial charge >= 0.3 is 0 Å². The molecule has 26 heavy (non-hydrogen) atoms. The minimum atomic E-state index is -0.771. The summed E-state index contributed by atoms with van der Waals surface area (Å²) < 4.78 is 3.55. The molecule has 1 aromatic carbocycles. The first-order valence-electron chi connectivity index (χ1n) is 8.32. The van der Waals surface area contributed by atoms with E-state index >= 15 is 0 Å². The molecular weight excluding hydrogens is 334 g/mol. The lowest BCUT2D eigenvalue weighted by atomic mass is 10.2. The van der Waals surface area contributed by atoms with Crippen molar-refractivity contribution in [1.29, 1.82) is 0 Å². The second-order valence-electron chi connectivity index (χ2n) is 6.16. The van der Waals surface area contributed by atoms with Gasteiger partial charge in [-0.3, -0.25) is 9.59 Å². The first-order chi connectivity index (χ1) is 12.4. The number of nitrogens with two attached hydrogens (primary N) is 1. The Bertz CT molecular complexity index is 943. The molecule has 3 aromatic rings. The number of amides is 2. The zero-order valence-electron chi connectivity index (χ0n) is 14.4. The van der Waals surface area contributed by atoms with Crippen molar-refractivity contribution in [3.05, 3.63) is 48.7 Å². The molecule has 0 aliphatic carbocycles. The van der Waals surface area contributed by atoms with Gasteiger partial charge in [0.25, 0.3) is 5.91 Å². The number of aliphatic hydroxyl groups is 1. The summed E-state index contributed by atoms with van der Waals surface area (Å²) in [6.45, 7) is 2.19. The number of anilines is 1. The molecule has 3 rings (SSSR count). The van der Waals surface area contributed by atoms with E-state index in [9.17, 15) is 14.7 Å². The fourth-order valence-corrected chi connectivity index (χ4v) is 2.88. The van der Waals surface area contributed by atoms with Crippen LogP contribution in [0.4, 0.5) is 5.69 Å². The van der Waals surface area contributed by atoms with Crippen LogP contribution in [0.1, 0.15) is 36.5 Å². The first kappa shape index (κ1) is 17.7. The maximum absolute atomic E-state index is 11.2. The molecule has 1 atom stereocenters. The third kappa shape index (κ3) is 3.92. The van der Waals surface area contributed by atoms with E-state index in [0.29, 0.717) is 13.0 Å². The number of nitrogens with zero attached hydrogens (tertiary/aromatic N) is 3. The van der Waals surface area contributed by atoms with E-state index in [1.807, 2.05) is 30.5 Å². The largest absolute Gasteiger partial charge is 0.373 e. The van der Waals surface area contributed by atoms with Gasteiger partial charge in [-0.1, -0.05) is 6.07 Å². The summed E-state index contributed by atoms with van der Waals surface area (Å²) in [5.74, 6) is -0.731. The van der Waals surface area contributed by atoms with Crippen molar-refractivity contribution in [3.8, 4) is 0 Å². The molecule has 0 fully saturated rings. The summed E-state index contributed by atoms with van der Waals surface area (Å²) in [7, 11) is 0. The number of fused-ring (bicyclic) bond motifs is 1. The molecule has 2 amide bonds. The Kier molecular flexibility index (Phi) is 5.04. The molecule has 0 saturated heterocycles. The Morgan fingerprint density at radius 1 is 1.35 bits per heavy atom. The fraction of sp³-hybridized carbons (Fsp3) is 0.278. The van der Waals surface area contributed by atoms with E-state index in [0.717, 1.165) is 23.0 Å². The molecule has 0 bridgehead atoms. The Morgan fingerprint density at radius 3 is 2.85 bits per heavy atom. The number of benzene rings is 1. The van der Waals surface area contributed by atoms with Crippen LogP contribution in [-0.2, 0) is 11.3 Å². The van der Waals surface area contributed by atoms with Gasteiger partial charge in [0, 0.05) is 31.5 Å². The molecular formula is C18H21N5O3. The summed E-state index contributed by atoms with van der Waals surface area (Å²) in [5, 5.41) is 14.1. The number of aromatic nitrogens is 3. The number of carbonyl (C=O) groups excluding carboxylic acids is 2. The SMILES string of the molecule is CC(=O)Nc1ccc2ccn(CCCC(O)n3cnc(C(N)=O)c3)c2c1. The van der Waals surface area contributed by atoms with Crippen LogP contribution in [0.5, 0.6) is 0 Å². The predicted octanol–water partition coefficient (Wildman–Crippen LogP) is 1.87. The molecule has 0 radical (unpaired) electrons. The highest BCUT2D eigenvalue weighted by Crippen LogP contribution is 2.22. The molecule has 2 heterocycles. The van der Waals surface area contributed by atoms with Crippen molar-refractivity contribution in [1.82, 2.24) is 14.1 Å². The number of hydrogen-bond acceptors (Lipinski definition) is 4. The molecule has 2 aromatic heterocycles. The Balaban J connectivity index is 1.63. The number of imidazole rings is 1. The van der Waals surface area contributed by atoms with Gasteiger partial charge in [-0.05, 0) is 36.4 Å². The van der Waals surface area contributed by atoms with Crippen molar-refractivity contribution < 1.29 is 14.7 Å². The van der Waals surface area contributed by atoms with Gasteiger partial charge in [0.05, 0.1) is 11.8 Å². The lowest BCUT2D eigenvalue weighted by Gasteiger charge is -2.12. The van der Waals surface area contributed by atoms with Crippen molar-refractivity contribution in [2.24, 2.45) is 5.73 Å². The number of aliphatic hydroxyl groups excluding tert-OH is 1. The van der Waals surface area contributed by atoms with Crippen molar-refractivity contribution >= 4 is 28.4 Å². The third-order valence-corrected chi connectivity index (χ3v) is 4.15. The van der Waals surface area contributed by atoms with Crippen LogP contribution in [-0.4, -0.2) is 31.0 Å². The smallest absolute Gasteiger partial charge is 0.268 e. The van der Waals surface area contributed by atoms with Crippen LogP contribution < -0.4 is 11.1 Å². The number of hydrogen-bond donors (Lipinski definition) is 3. The Hall–Kier alpha value is -3.13. The van der Waals surface area contributed by atoms with Crippen LogP contribution in [0, 0.1) is 0 Å². The normalized spacial score (nSPS) is 12.2. The maximum atomic E-state index is 11.2. The van der Waals surface area contributed by atoms with E-state index in [4.69, 9.17) is 5.73 Å². The summed E-state index contributed by atoms with van der Waals surface area (Å²) in [5.41, 5.74) is 7.06. The number of carbonyl (C=O) groups is 2. The summed E-state index contributed by atoms with van der Waals surface area (Å²) in [4.78, 5) is 26.1. The third-order valence-electron chi connectivity index (χ3n) is 4.15. The number of rotatable bonds is 7. The zero-order chi connectivity index (χ0) is 18.7. The monoisotopic (exact) mass is 355 g/mol. The molecule has 0 aliphatic heterocycles. The highest BCUT2D eigenvalue weighted by molar-refractivity contribution is 5.92. The second kappa shape index (κ2) is 7.40. The average Bonchev–Trinajstić information content (AvgIpc) is 3.21. The van der Waals surface area contributed by atoms with Crippen LogP contribution in [0.3, 0.4) is 0 Å². The van der Waals surface area contributed by atoms with Gasteiger partial charge in [-0.25, -0.2) is 4.98 Å². The van der Waals surface area contributed by atoms with E-state index < -0.39 is 12.1 Å². The average molecular weight is 355 g/mol. The van der Waals surface area contributed by atoms with Gasteiger partial charge < -0.3 is 25.3 Å². The molecule has 8 heteroatoms. The molecule has 0 spiro atoms. The van der Waals surface area contributed by atoms with Crippen molar-refractivity contribution in [2.45, 2.75) is 32.5 Å². The molecule has 136 valence electrons. The molecule has 4 N–H and O–H groups in total. The van der Waals surface area contributed by atoms with Gasteiger partial charge in [0.2, 0.25) is 5.91 Å². The fourth-order valence-electron chi connectivity index (χ4n) is 2.88. The lowest BCUT2D eigenvalue weighted by Crippen LogP contribution is -2.12. The quantitative estimate of drug-likeness (QED) is 0.600. The van der Waals surface area contributed by atoms with Gasteiger partial charge in [0.1, 0.15) is 11.9 Å². The van der Waals surface area contributed by atoms with E-state index in [-0.39, 0.29) is 11.6 Å². The zero-order valence-corrected chi connectivity index (χ0v) is 14.4. The minimum Gasteiger partial charge on any atom is -0.373 e. The van der Waals surface area contributed by atoms with Gasteiger partial charge in [-0.2, -0.15) is 0 Å². The van der Waals surface area contributed by atoms with Crippen LogP contribution in [0.25, 0.3) is 10.9 Å². The number of nitrogens with one attached hydrogen (secondary N) is 1. The Labute approximate surface area is 150 Å². The second-order valence-corrected chi connectivity index (χ2v) is 6.16. The Morgan fingerprint density at radius 2 is 2.15 bits per heavy atom. The van der Waals surface area contributed by atoms with E-state index in [2.05, 4.69) is 14.9 Å². The van der Waals surface area contributed by atoms with Crippen LogP contribution >= 0.6 is 0 Å². The summed E-state index contributed by atoms with van der Waals surface area (Å²) in [6, 6.07) is 7.77. The highest BCUT2D eigenvalue weighted by atomic mass is 16.3. The van der Waals surface area contributed by atoms with E-state index in [1.165, 1.54) is 24.0 Å². The lowest BCUT2D eigenvalue weighted by molar-refractivity contribution is -0.114.